The summed E-state index contributed by atoms with van der Waals surface area (Å²) in [4.78, 5) is 38.7. The van der Waals surface area contributed by atoms with Crippen LogP contribution >= 0.6 is 0 Å². The molecule has 5 nitrogen and oxygen atoms in total. The summed E-state index contributed by atoms with van der Waals surface area (Å²) in [5, 5.41) is 0.431. The number of carbonyl (C=O) groups is 3. The highest BCUT2D eigenvalue weighted by atomic mass is 19.1. The summed E-state index contributed by atoms with van der Waals surface area (Å²) in [5.74, 6) is -2.62. The number of carbonyl (C=O) groups excluding carboxylic acids is 3. The fourth-order valence-corrected chi connectivity index (χ4v) is 1.51. The summed E-state index contributed by atoms with van der Waals surface area (Å²) in [6.45, 7) is 1.55. The predicted octanol–water partition coefficient (Wildman–Crippen LogP) is 1.35. The minimum absolute atomic E-state index is 0.0222. The van der Waals surface area contributed by atoms with E-state index in [4.69, 9.17) is 0 Å². The van der Waals surface area contributed by atoms with Crippen molar-refractivity contribution in [2.45, 2.75) is 19.8 Å². The molecule has 0 unspecified atom stereocenters. The molecule has 94 valence electrons. The Morgan fingerprint density at radius 2 is 1.89 bits per heavy atom. The van der Waals surface area contributed by atoms with Gasteiger partial charge in [-0.3, -0.25) is 9.59 Å². The van der Waals surface area contributed by atoms with Crippen molar-refractivity contribution in [3.8, 4) is 0 Å². The van der Waals surface area contributed by atoms with Gasteiger partial charge in [-0.05, 0) is 24.6 Å². The third-order valence-corrected chi connectivity index (χ3v) is 2.59. The first kappa shape index (κ1) is 12.2. The van der Waals surface area contributed by atoms with Gasteiger partial charge in [-0.25, -0.2) is 9.18 Å². The molecule has 0 radical (unpaired) electrons. The van der Waals surface area contributed by atoms with Crippen LogP contribution in [0.25, 0.3) is 0 Å². The van der Waals surface area contributed by atoms with Gasteiger partial charge in [0.15, 0.2) is 0 Å². The van der Waals surface area contributed by atoms with Crippen molar-refractivity contribution in [2.75, 3.05) is 0 Å². The SMILES string of the molecule is Cc1ccc(C(=O)ON2C(=O)CCC2=O)cc1F. The summed E-state index contributed by atoms with van der Waals surface area (Å²) in [7, 11) is 0. The normalized spacial score (nSPS) is 15.1. The van der Waals surface area contributed by atoms with Gasteiger partial charge >= 0.3 is 5.97 Å². The summed E-state index contributed by atoms with van der Waals surface area (Å²) in [6, 6.07) is 3.79. The van der Waals surface area contributed by atoms with E-state index < -0.39 is 23.6 Å². The number of amides is 2. The quantitative estimate of drug-likeness (QED) is 0.744. The minimum Gasteiger partial charge on any atom is -0.325 e. The molecule has 0 saturated carbocycles. The number of benzene rings is 1. The van der Waals surface area contributed by atoms with Crippen LogP contribution in [0.2, 0.25) is 0 Å². The van der Waals surface area contributed by atoms with Crippen molar-refractivity contribution in [3.05, 3.63) is 35.1 Å². The van der Waals surface area contributed by atoms with Gasteiger partial charge in [-0.1, -0.05) is 6.07 Å². The molecule has 1 aromatic rings. The first-order valence-electron chi connectivity index (χ1n) is 5.33. The Morgan fingerprint density at radius 3 is 2.44 bits per heavy atom. The lowest BCUT2D eigenvalue weighted by atomic mass is 10.1. The van der Waals surface area contributed by atoms with Crippen LogP contribution in [-0.4, -0.2) is 22.8 Å². The monoisotopic (exact) mass is 251 g/mol. The number of hydrogen-bond acceptors (Lipinski definition) is 4. The second-order valence-electron chi connectivity index (χ2n) is 3.92. The van der Waals surface area contributed by atoms with E-state index in [-0.39, 0.29) is 18.4 Å². The Bertz CT molecular complexity index is 525. The molecule has 2 rings (SSSR count). The average molecular weight is 251 g/mol. The molecule has 18 heavy (non-hydrogen) atoms. The maximum absolute atomic E-state index is 13.3. The number of hydrogen-bond donors (Lipinski definition) is 0. The molecule has 6 heteroatoms. The van der Waals surface area contributed by atoms with Crippen LogP contribution in [0.3, 0.4) is 0 Å². The largest absolute Gasteiger partial charge is 0.364 e. The van der Waals surface area contributed by atoms with E-state index >= 15 is 0 Å². The van der Waals surface area contributed by atoms with Gasteiger partial charge in [0.05, 0.1) is 5.56 Å². The molecular formula is C12H10FNO4. The van der Waals surface area contributed by atoms with Gasteiger partial charge in [0.1, 0.15) is 5.82 Å². The molecule has 1 aliphatic heterocycles. The molecule has 0 bridgehead atoms. The Hall–Kier alpha value is -2.24. The Kier molecular flexibility index (Phi) is 3.10. The highest BCUT2D eigenvalue weighted by Gasteiger charge is 2.33. The molecule has 0 spiro atoms. The molecule has 1 heterocycles. The van der Waals surface area contributed by atoms with Gasteiger partial charge in [0.2, 0.25) is 0 Å². The number of imide groups is 1. The summed E-state index contributed by atoms with van der Waals surface area (Å²) in [6.07, 6.45) is 0.0444. The lowest BCUT2D eigenvalue weighted by Gasteiger charge is -2.12. The number of nitrogens with zero attached hydrogens (tertiary/aromatic N) is 1. The smallest absolute Gasteiger partial charge is 0.325 e. The maximum Gasteiger partial charge on any atom is 0.364 e. The van der Waals surface area contributed by atoms with Crippen LogP contribution < -0.4 is 0 Å². The third-order valence-electron chi connectivity index (χ3n) is 2.59. The summed E-state index contributed by atoms with van der Waals surface area (Å²) in [5.41, 5.74) is 0.338. The van der Waals surface area contributed by atoms with Gasteiger partial charge in [-0.2, -0.15) is 0 Å². The number of halogens is 1. The van der Waals surface area contributed by atoms with Crippen molar-refractivity contribution < 1.29 is 23.6 Å². The Labute approximate surface area is 102 Å². The average Bonchev–Trinajstić information content (AvgIpc) is 2.64. The molecular weight excluding hydrogens is 241 g/mol. The van der Waals surface area contributed by atoms with E-state index in [1.807, 2.05) is 0 Å². The minimum atomic E-state index is -0.933. The fourth-order valence-electron chi connectivity index (χ4n) is 1.51. The van der Waals surface area contributed by atoms with E-state index in [0.717, 1.165) is 6.07 Å². The van der Waals surface area contributed by atoms with E-state index in [2.05, 4.69) is 4.84 Å². The maximum atomic E-state index is 13.3. The molecule has 1 saturated heterocycles. The van der Waals surface area contributed by atoms with E-state index in [0.29, 0.717) is 10.6 Å². The van der Waals surface area contributed by atoms with Crippen molar-refractivity contribution in [1.82, 2.24) is 5.06 Å². The fraction of sp³-hybridized carbons (Fsp3) is 0.250. The van der Waals surface area contributed by atoms with Crippen LogP contribution in [0, 0.1) is 12.7 Å². The predicted molar refractivity (Wildman–Crippen MR) is 57.6 cm³/mol. The zero-order valence-electron chi connectivity index (χ0n) is 9.60. The van der Waals surface area contributed by atoms with Crippen molar-refractivity contribution >= 4 is 17.8 Å². The van der Waals surface area contributed by atoms with E-state index in [9.17, 15) is 18.8 Å². The standard InChI is InChI=1S/C12H10FNO4/c1-7-2-3-8(6-9(7)13)12(17)18-14-10(15)4-5-11(14)16/h2-3,6H,4-5H2,1H3. The molecule has 0 N–H and O–H groups in total. The molecule has 0 aliphatic carbocycles. The van der Waals surface area contributed by atoms with Crippen molar-refractivity contribution in [3.63, 3.8) is 0 Å². The molecule has 2 amide bonds. The van der Waals surface area contributed by atoms with Crippen LogP contribution in [0.15, 0.2) is 18.2 Å². The first-order valence-corrected chi connectivity index (χ1v) is 5.33. The second kappa shape index (κ2) is 4.56. The van der Waals surface area contributed by atoms with Gasteiger partial charge < -0.3 is 4.84 Å². The zero-order valence-corrected chi connectivity index (χ0v) is 9.60. The lowest BCUT2D eigenvalue weighted by molar-refractivity contribution is -0.172. The van der Waals surface area contributed by atoms with Crippen molar-refractivity contribution in [1.29, 1.82) is 0 Å². The Morgan fingerprint density at radius 1 is 1.28 bits per heavy atom. The van der Waals surface area contributed by atoms with Crippen LogP contribution in [0.1, 0.15) is 28.8 Å². The third kappa shape index (κ3) is 2.22. The molecule has 1 aliphatic rings. The lowest BCUT2D eigenvalue weighted by Crippen LogP contribution is -2.32. The van der Waals surface area contributed by atoms with Crippen LogP contribution in [-0.2, 0) is 14.4 Å². The molecule has 1 aromatic carbocycles. The van der Waals surface area contributed by atoms with Crippen LogP contribution in [0.4, 0.5) is 4.39 Å². The molecule has 1 fully saturated rings. The topological polar surface area (TPSA) is 63.7 Å². The molecule has 0 aromatic heterocycles. The van der Waals surface area contributed by atoms with E-state index in [1.54, 1.807) is 6.92 Å². The van der Waals surface area contributed by atoms with Gasteiger partial charge in [-0.15, -0.1) is 5.06 Å². The molecule has 0 atom stereocenters. The first-order chi connectivity index (χ1) is 8.49. The highest BCUT2D eigenvalue weighted by Crippen LogP contribution is 2.15. The van der Waals surface area contributed by atoms with Gasteiger partial charge in [0.25, 0.3) is 11.8 Å². The van der Waals surface area contributed by atoms with Gasteiger partial charge in [0, 0.05) is 12.8 Å². The number of aryl methyl sites for hydroxylation is 1. The van der Waals surface area contributed by atoms with Crippen LogP contribution in [0.5, 0.6) is 0 Å². The highest BCUT2D eigenvalue weighted by molar-refractivity contribution is 6.02. The Balaban J connectivity index is 2.14. The van der Waals surface area contributed by atoms with E-state index in [1.165, 1.54) is 12.1 Å². The van der Waals surface area contributed by atoms with Crippen molar-refractivity contribution in [2.24, 2.45) is 0 Å². The number of rotatable bonds is 2. The zero-order chi connectivity index (χ0) is 13.3. The summed E-state index contributed by atoms with van der Waals surface area (Å²) >= 11 is 0. The summed E-state index contributed by atoms with van der Waals surface area (Å²) < 4.78 is 13.3. The number of hydroxylamine groups is 2. The second-order valence-corrected chi connectivity index (χ2v) is 3.92.